The van der Waals surface area contributed by atoms with Gasteiger partial charge in [0.05, 0.1) is 11.4 Å². The first-order valence-electron chi connectivity index (χ1n) is 12.1. The third-order valence-corrected chi connectivity index (χ3v) is 6.58. The van der Waals surface area contributed by atoms with Gasteiger partial charge >= 0.3 is 6.09 Å². The van der Waals surface area contributed by atoms with Gasteiger partial charge < -0.3 is 26.4 Å². The molecule has 10 heteroatoms. The van der Waals surface area contributed by atoms with Gasteiger partial charge in [-0.05, 0) is 71.4 Å². The minimum absolute atomic E-state index is 0.00633. The quantitative estimate of drug-likeness (QED) is 0.615. The number of halogens is 1. The predicted octanol–water partition coefficient (Wildman–Crippen LogP) is 3.75. The number of piperidine rings is 1. The van der Waals surface area contributed by atoms with Gasteiger partial charge in [0.25, 0.3) is 0 Å². The van der Waals surface area contributed by atoms with Gasteiger partial charge in [-0.15, -0.1) is 0 Å². The van der Waals surface area contributed by atoms with Gasteiger partial charge in [-0.3, -0.25) is 4.90 Å². The maximum atomic E-state index is 15.2. The van der Waals surface area contributed by atoms with Crippen LogP contribution in [0.3, 0.4) is 0 Å². The van der Waals surface area contributed by atoms with Crippen molar-refractivity contribution in [1.29, 1.82) is 0 Å². The summed E-state index contributed by atoms with van der Waals surface area (Å²) in [4.78, 5) is 24.9. The number of para-hydroxylation sites is 1. The standard InChI is InChI=1S/C24H36FN7O2/c1-23(2,3)34-22(33)31-14-10-16(11-15-31)28-19-17(25)8-7-9-18(19)32-21(27)29-20(26)30-24(32)12-5-4-6-13-24/h7-9,16,28H,4-6,10-15H2,1-3H3,(H4,26,27,29,30). The van der Waals surface area contributed by atoms with Gasteiger partial charge in [0, 0.05) is 19.1 Å². The first-order chi connectivity index (χ1) is 16.1. The summed E-state index contributed by atoms with van der Waals surface area (Å²) in [7, 11) is 0. The SMILES string of the molecule is CC(C)(C)OC(=O)N1CCC(Nc2c(F)cccc2N2C(N)=NC(N)=NC23CCCCC3)CC1. The molecule has 2 fully saturated rings. The Balaban J connectivity index is 1.54. The second-order valence-electron chi connectivity index (χ2n) is 10.3. The summed E-state index contributed by atoms with van der Waals surface area (Å²) in [6, 6.07) is 4.95. The molecule has 1 saturated carbocycles. The van der Waals surface area contributed by atoms with E-state index in [0.717, 1.165) is 32.1 Å². The molecule has 0 bridgehead atoms. The average molecular weight is 474 g/mol. The minimum atomic E-state index is -0.654. The third-order valence-electron chi connectivity index (χ3n) is 6.58. The molecule has 0 unspecified atom stereocenters. The monoisotopic (exact) mass is 473 g/mol. The van der Waals surface area contributed by atoms with Crippen LogP contribution in [0.1, 0.15) is 65.7 Å². The lowest BCUT2D eigenvalue weighted by Gasteiger charge is -2.46. The van der Waals surface area contributed by atoms with Crippen LogP contribution in [0.15, 0.2) is 28.2 Å². The van der Waals surface area contributed by atoms with E-state index in [2.05, 4.69) is 10.3 Å². The Morgan fingerprint density at radius 2 is 1.85 bits per heavy atom. The van der Waals surface area contributed by atoms with E-state index in [1.165, 1.54) is 6.07 Å². The molecule has 0 radical (unpaired) electrons. The van der Waals surface area contributed by atoms with Crippen LogP contribution in [0.5, 0.6) is 0 Å². The van der Waals surface area contributed by atoms with Crippen LogP contribution in [0.25, 0.3) is 0 Å². The van der Waals surface area contributed by atoms with Gasteiger partial charge in [0.1, 0.15) is 17.1 Å². The summed E-state index contributed by atoms with van der Waals surface area (Å²) in [5.41, 5.74) is 12.1. The molecule has 1 aliphatic carbocycles. The second kappa shape index (κ2) is 9.31. The summed E-state index contributed by atoms with van der Waals surface area (Å²) in [6.45, 7) is 6.63. The molecular weight excluding hydrogens is 437 g/mol. The van der Waals surface area contributed by atoms with Crippen molar-refractivity contribution in [2.24, 2.45) is 21.5 Å². The van der Waals surface area contributed by atoms with Gasteiger partial charge in [-0.25, -0.2) is 14.2 Å². The number of nitrogens with two attached hydrogens (primary N) is 2. The Kier molecular flexibility index (Phi) is 6.60. The number of carbonyl (C=O) groups is 1. The Morgan fingerprint density at radius 1 is 1.18 bits per heavy atom. The van der Waals surface area contributed by atoms with Crippen LogP contribution in [-0.2, 0) is 4.74 Å². The number of hydrogen-bond acceptors (Lipinski definition) is 8. The molecule has 1 aromatic carbocycles. The highest BCUT2D eigenvalue weighted by atomic mass is 19.1. The maximum Gasteiger partial charge on any atom is 0.410 e. The molecule has 1 spiro atoms. The molecule has 186 valence electrons. The number of amides is 1. The van der Waals surface area contributed by atoms with E-state index in [1.54, 1.807) is 11.0 Å². The summed E-state index contributed by atoms with van der Waals surface area (Å²) in [5, 5.41) is 3.39. The molecule has 4 rings (SSSR count). The highest BCUT2D eigenvalue weighted by molar-refractivity contribution is 6.07. The van der Waals surface area contributed by atoms with Gasteiger partial charge in [0.15, 0.2) is 0 Å². The number of rotatable bonds is 3. The van der Waals surface area contributed by atoms with Crippen LogP contribution in [0, 0.1) is 5.82 Å². The topological polar surface area (TPSA) is 122 Å². The summed E-state index contributed by atoms with van der Waals surface area (Å²) in [6.07, 6.45) is 5.67. The smallest absolute Gasteiger partial charge is 0.410 e. The van der Waals surface area contributed by atoms with Gasteiger partial charge in [-0.2, -0.15) is 4.99 Å². The number of anilines is 2. The molecule has 0 atom stereocenters. The zero-order valence-electron chi connectivity index (χ0n) is 20.3. The summed E-state index contributed by atoms with van der Waals surface area (Å²) >= 11 is 0. The van der Waals surface area contributed by atoms with Crippen molar-refractivity contribution in [3.63, 3.8) is 0 Å². The first kappa shape index (κ1) is 24.1. The highest BCUT2D eigenvalue weighted by Gasteiger charge is 2.44. The lowest BCUT2D eigenvalue weighted by Crippen LogP contribution is -2.58. The summed E-state index contributed by atoms with van der Waals surface area (Å²) in [5.74, 6) is 0.0206. The second-order valence-corrected chi connectivity index (χ2v) is 10.3. The highest BCUT2D eigenvalue weighted by Crippen LogP contribution is 2.43. The molecule has 34 heavy (non-hydrogen) atoms. The molecule has 1 amide bonds. The van der Waals surface area contributed by atoms with Crippen molar-refractivity contribution in [2.75, 3.05) is 23.3 Å². The van der Waals surface area contributed by atoms with Crippen LogP contribution >= 0.6 is 0 Å². The molecule has 2 aliphatic heterocycles. The van der Waals surface area contributed by atoms with Gasteiger partial charge in [0.2, 0.25) is 11.9 Å². The maximum absolute atomic E-state index is 15.2. The van der Waals surface area contributed by atoms with E-state index in [-0.39, 0.29) is 29.9 Å². The van der Waals surface area contributed by atoms with Crippen LogP contribution in [0.4, 0.5) is 20.6 Å². The predicted molar refractivity (Wildman–Crippen MR) is 132 cm³/mol. The van der Waals surface area contributed by atoms with E-state index >= 15 is 4.39 Å². The molecular formula is C24H36FN7O2. The van der Waals surface area contributed by atoms with Crippen molar-refractivity contribution in [3.05, 3.63) is 24.0 Å². The number of ether oxygens (including phenoxy) is 1. The summed E-state index contributed by atoms with van der Waals surface area (Å²) < 4.78 is 20.7. The van der Waals surface area contributed by atoms with E-state index in [4.69, 9.17) is 21.2 Å². The van der Waals surface area contributed by atoms with Crippen molar-refractivity contribution in [2.45, 2.75) is 83.0 Å². The number of nitrogens with one attached hydrogen (secondary N) is 1. The lowest BCUT2D eigenvalue weighted by atomic mass is 9.87. The lowest BCUT2D eigenvalue weighted by molar-refractivity contribution is 0.0210. The minimum Gasteiger partial charge on any atom is -0.444 e. The van der Waals surface area contributed by atoms with Crippen LogP contribution in [-0.4, -0.2) is 53.3 Å². The normalized spacial score (nSPS) is 21.2. The molecule has 1 saturated heterocycles. The Hall–Kier alpha value is -3.04. The Bertz CT molecular complexity index is 974. The Labute approximate surface area is 200 Å². The van der Waals surface area contributed by atoms with Crippen molar-refractivity contribution in [1.82, 2.24) is 4.90 Å². The molecule has 5 N–H and O–H groups in total. The zero-order chi connectivity index (χ0) is 24.5. The number of likely N-dealkylation sites (tertiary alicyclic amines) is 1. The first-order valence-corrected chi connectivity index (χ1v) is 12.1. The number of nitrogens with zero attached hydrogens (tertiary/aromatic N) is 4. The molecule has 3 aliphatic rings. The zero-order valence-corrected chi connectivity index (χ0v) is 20.3. The molecule has 9 nitrogen and oxygen atoms in total. The number of carbonyl (C=O) groups excluding carboxylic acids is 1. The van der Waals surface area contributed by atoms with Crippen LogP contribution < -0.4 is 21.7 Å². The fourth-order valence-electron chi connectivity index (χ4n) is 5.05. The van der Waals surface area contributed by atoms with E-state index < -0.39 is 11.3 Å². The van der Waals surface area contributed by atoms with Crippen LogP contribution in [0.2, 0.25) is 0 Å². The number of aliphatic imine (C=N–C) groups is 2. The van der Waals surface area contributed by atoms with Crippen molar-refractivity contribution < 1.29 is 13.9 Å². The number of hydrogen-bond donors (Lipinski definition) is 3. The molecule has 1 aromatic rings. The fourth-order valence-corrected chi connectivity index (χ4v) is 5.05. The number of benzene rings is 1. The van der Waals surface area contributed by atoms with Crippen molar-refractivity contribution in [3.8, 4) is 0 Å². The van der Waals surface area contributed by atoms with E-state index in [1.807, 2.05) is 31.7 Å². The molecule has 2 heterocycles. The third kappa shape index (κ3) is 5.05. The molecule has 0 aromatic heterocycles. The van der Waals surface area contributed by atoms with Gasteiger partial charge in [-0.1, -0.05) is 12.5 Å². The fraction of sp³-hybridized carbons (Fsp3) is 0.625. The van der Waals surface area contributed by atoms with E-state index in [9.17, 15) is 4.79 Å². The van der Waals surface area contributed by atoms with E-state index in [0.29, 0.717) is 37.3 Å². The largest absolute Gasteiger partial charge is 0.444 e. The van der Waals surface area contributed by atoms with Crippen molar-refractivity contribution >= 4 is 29.4 Å². The Morgan fingerprint density at radius 3 is 2.50 bits per heavy atom. The number of guanidine groups is 2. The average Bonchev–Trinajstić information content (AvgIpc) is 2.75.